The van der Waals surface area contributed by atoms with Crippen molar-refractivity contribution < 1.29 is 27.6 Å². The van der Waals surface area contributed by atoms with Gasteiger partial charge in [0, 0.05) is 5.02 Å². The van der Waals surface area contributed by atoms with Crippen molar-refractivity contribution in [3.63, 3.8) is 0 Å². The van der Waals surface area contributed by atoms with E-state index >= 15 is 0 Å². The number of amides is 2. The van der Waals surface area contributed by atoms with E-state index in [1.807, 2.05) is 0 Å². The number of benzene rings is 3. The van der Waals surface area contributed by atoms with Gasteiger partial charge in [0.05, 0.1) is 27.3 Å². The summed E-state index contributed by atoms with van der Waals surface area (Å²) >= 11 is 5.96. The summed E-state index contributed by atoms with van der Waals surface area (Å²) in [4.78, 5) is 42.6. The summed E-state index contributed by atoms with van der Waals surface area (Å²) in [6.45, 7) is 0. The van der Waals surface area contributed by atoms with Gasteiger partial charge in [-0.1, -0.05) is 47.0 Å². The molecule has 156 valence electrons. The van der Waals surface area contributed by atoms with E-state index in [1.165, 1.54) is 42.5 Å². The monoisotopic (exact) mass is 456 g/mol. The molecule has 10 heteroatoms. The Morgan fingerprint density at radius 3 is 2.06 bits per heavy atom. The number of fused-ring (bicyclic) bond motifs is 1. The number of nitrogens with one attached hydrogen (secondary N) is 1. The van der Waals surface area contributed by atoms with Gasteiger partial charge in [-0.3, -0.25) is 14.3 Å². The van der Waals surface area contributed by atoms with Crippen LogP contribution >= 0.6 is 11.6 Å². The topological polar surface area (TPSA) is 110 Å². The van der Waals surface area contributed by atoms with Gasteiger partial charge in [0.2, 0.25) is 0 Å². The third-order valence-electron chi connectivity index (χ3n) is 4.43. The summed E-state index contributed by atoms with van der Waals surface area (Å²) < 4.78 is 27.6. The molecule has 31 heavy (non-hydrogen) atoms. The van der Waals surface area contributed by atoms with E-state index in [-0.39, 0.29) is 32.3 Å². The molecule has 2 amide bonds. The van der Waals surface area contributed by atoms with Crippen LogP contribution in [0.3, 0.4) is 0 Å². The summed E-state index contributed by atoms with van der Waals surface area (Å²) in [7, 11) is -4.02. The van der Waals surface area contributed by atoms with Crippen LogP contribution in [0.5, 0.6) is 0 Å². The minimum absolute atomic E-state index is 0.0235. The summed E-state index contributed by atoms with van der Waals surface area (Å²) in [5.41, 5.74) is -0.216. The van der Waals surface area contributed by atoms with Crippen LogP contribution in [-0.4, -0.2) is 31.3 Å². The number of halogens is 1. The van der Waals surface area contributed by atoms with E-state index in [1.54, 1.807) is 30.3 Å². The first-order valence-corrected chi connectivity index (χ1v) is 10.7. The second kappa shape index (κ2) is 7.86. The lowest BCUT2D eigenvalue weighted by atomic mass is 10.1. The van der Waals surface area contributed by atoms with Gasteiger partial charge in [-0.05, 0) is 42.5 Å². The number of rotatable bonds is 5. The quantitative estimate of drug-likeness (QED) is 0.588. The number of nitrogens with zero attached hydrogens (tertiary/aromatic N) is 1. The predicted molar refractivity (Wildman–Crippen MR) is 111 cm³/mol. The standard InChI is InChI=1S/C21H13ClN2O6S/c22-13-10-11-18(23-31(28,29)14-6-2-1-3-7-14)17(12-13)21(27)30-24-19(25)15-8-4-5-9-16(15)20(24)26/h1-12,23H. The molecule has 0 aromatic heterocycles. The Hall–Kier alpha value is -3.69. The molecule has 0 fully saturated rings. The Balaban J connectivity index is 1.63. The van der Waals surface area contributed by atoms with Gasteiger partial charge in [0.1, 0.15) is 0 Å². The van der Waals surface area contributed by atoms with E-state index in [9.17, 15) is 22.8 Å². The number of imide groups is 1. The van der Waals surface area contributed by atoms with Gasteiger partial charge in [-0.15, -0.1) is 0 Å². The Bertz CT molecular complexity index is 1290. The SMILES string of the molecule is O=C(ON1C(=O)c2ccccc2C1=O)c1cc(Cl)ccc1NS(=O)(=O)c1ccccc1. The maximum atomic E-state index is 12.8. The highest BCUT2D eigenvalue weighted by atomic mass is 35.5. The smallest absolute Gasteiger partial charge is 0.324 e. The highest BCUT2D eigenvalue weighted by Gasteiger charge is 2.39. The number of hydroxylamine groups is 2. The molecular weight excluding hydrogens is 444 g/mol. The fraction of sp³-hybridized carbons (Fsp3) is 0. The number of hydrogen-bond acceptors (Lipinski definition) is 6. The first-order valence-electron chi connectivity index (χ1n) is 8.85. The molecule has 1 aliphatic heterocycles. The second-order valence-corrected chi connectivity index (χ2v) is 8.56. The van der Waals surface area contributed by atoms with Gasteiger partial charge in [-0.25, -0.2) is 13.2 Å². The highest BCUT2D eigenvalue weighted by Crippen LogP contribution is 2.27. The van der Waals surface area contributed by atoms with Crippen LogP contribution in [0.1, 0.15) is 31.1 Å². The zero-order valence-electron chi connectivity index (χ0n) is 15.6. The zero-order valence-corrected chi connectivity index (χ0v) is 17.2. The molecule has 0 saturated carbocycles. The fourth-order valence-corrected chi connectivity index (χ4v) is 4.23. The van der Waals surface area contributed by atoms with Crippen molar-refractivity contribution in [1.29, 1.82) is 0 Å². The Morgan fingerprint density at radius 2 is 1.45 bits per heavy atom. The van der Waals surface area contributed by atoms with E-state index in [4.69, 9.17) is 16.4 Å². The van der Waals surface area contributed by atoms with Crippen molar-refractivity contribution in [2.24, 2.45) is 0 Å². The maximum absolute atomic E-state index is 12.8. The predicted octanol–water partition coefficient (Wildman–Crippen LogP) is 3.51. The Morgan fingerprint density at radius 1 is 0.871 bits per heavy atom. The molecule has 0 spiro atoms. The molecule has 3 aromatic carbocycles. The maximum Gasteiger partial charge on any atom is 0.366 e. The van der Waals surface area contributed by atoms with Crippen molar-refractivity contribution in [2.75, 3.05) is 4.72 Å². The lowest BCUT2D eigenvalue weighted by Gasteiger charge is -2.16. The Labute approximate surface area is 182 Å². The molecule has 1 aliphatic rings. The van der Waals surface area contributed by atoms with E-state index in [2.05, 4.69) is 4.72 Å². The van der Waals surface area contributed by atoms with Crippen LogP contribution in [0.4, 0.5) is 5.69 Å². The van der Waals surface area contributed by atoms with Crippen molar-refractivity contribution in [3.05, 3.63) is 94.5 Å². The third kappa shape index (κ3) is 3.88. The van der Waals surface area contributed by atoms with Crippen LogP contribution in [0, 0.1) is 0 Å². The summed E-state index contributed by atoms with van der Waals surface area (Å²) in [5.74, 6) is -2.74. The van der Waals surface area contributed by atoms with Gasteiger partial charge in [0.15, 0.2) is 0 Å². The van der Waals surface area contributed by atoms with Crippen molar-refractivity contribution in [3.8, 4) is 0 Å². The highest BCUT2D eigenvalue weighted by molar-refractivity contribution is 7.92. The van der Waals surface area contributed by atoms with Crippen LogP contribution in [0.2, 0.25) is 5.02 Å². The minimum atomic E-state index is -4.02. The molecule has 1 heterocycles. The lowest BCUT2D eigenvalue weighted by Crippen LogP contribution is -2.33. The van der Waals surface area contributed by atoms with Gasteiger partial charge >= 0.3 is 5.97 Å². The number of anilines is 1. The van der Waals surface area contributed by atoms with Crippen molar-refractivity contribution in [1.82, 2.24) is 5.06 Å². The van der Waals surface area contributed by atoms with Gasteiger partial charge in [0.25, 0.3) is 21.8 Å². The van der Waals surface area contributed by atoms with Crippen LogP contribution in [-0.2, 0) is 14.9 Å². The Kier molecular flexibility index (Phi) is 5.22. The molecule has 3 aromatic rings. The zero-order chi connectivity index (χ0) is 22.2. The molecule has 0 radical (unpaired) electrons. The van der Waals surface area contributed by atoms with Gasteiger partial charge in [-0.2, -0.15) is 0 Å². The third-order valence-corrected chi connectivity index (χ3v) is 6.05. The number of hydrogen-bond donors (Lipinski definition) is 1. The van der Waals surface area contributed by atoms with E-state index in [0.717, 1.165) is 0 Å². The summed E-state index contributed by atoms with van der Waals surface area (Å²) in [6.07, 6.45) is 0. The average molecular weight is 457 g/mol. The van der Waals surface area contributed by atoms with Crippen molar-refractivity contribution in [2.45, 2.75) is 4.90 Å². The molecule has 4 rings (SSSR count). The van der Waals surface area contributed by atoms with Crippen LogP contribution in [0.25, 0.3) is 0 Å². The fourth-order valence-electron chi connectivity index (χ4n) is 2.96. The minimum Gasteiger partial charge on any atom is -0.324 e. The number of sulfonamides is 1. The first-order chi connectivity index (χ1) is 14.8. The molecular formula is C21H13ClN2O6S. The van der Waals surface area contributed by atoms with Crippen LogP contribution < -0.4 is 4.72 Å². The molecule has 0 bridgehead atoms. The van der Waals surface area contributed by atoms with Crippen LogP contribution in [0.15, 0.2) is 77.7 Å². The lowest BCUT2D eigenvalue weighted by molar-refractivity contribution is -0.0583. The molecule has 8 nitrogen and oxygen atoms in total. The second-order valence-electron chi connectivity index (χ2n) is 6.44. The molecule has 0 aliphatic carbocycles. The average Bonchev–Trinajstić information content (AvgIpc) is 3.00. The molecule has 0 atom stereocenters. The number of carbonyl (C=O) groups excluding carboxylic acids is 3. The largest absolute Gasteiger partial charge is 0.366 e. The molecule has 0 saturated heterocycles. The molecule has 1 N–H and O–H groups in total. The first kappa shape index (κ1) is 20.6. The van der Waals surface area contributed by atoms with Gasteiger partial charge < -0.3 is 4.84 Å². The van der Waals surface area contributed by atoms with E-state index in [0.29, 0.717) is 5.06 Å². The molecule has 0 unspecified atom stereocenters. The van der Waals surface area contributed by atoms with E-state index < -0.39 is 27.8 Å². The van der Waals surface area contributed by atoms with Crippen molar-refractivity contribution >= 4 is 45.1 Å². The number of carbonyl (C=O) groups is 3. The normalized spacial score (nSPS) is 13.1. The summed E-state index contributed by atoms with van der Waals surface area (Å²) in [6, 6.07) is 17.4. The summed E-state index contributed by atoms with van der Waals surface area (Å²) in [5, 5.41) is 0.459.